The van der Waals surface area contributed by atoms with Gasteiger partial charge in [0.25, 0.3) is 5.91 Å². The van der Waals surface area contributed by atoms with E-state index in [4.69, 9.17) is 10.5 Å². The second-order valence-electron chi connectivity index (χ2n) is 6.30. The van der Waals surface area contributed by atoms with Crippen molar-refractivity contribution in [3.63, 3.8) is 0 Å². The SMILES string of the molecule is CCN(CC)C(=O)COC(=O)c1ccc2c(c1N)C(=O)c1ccccc1C2=O. The van der Waals surface area contributed by atoms with E-state index in [9.17, 15) is 19.2 Å². The minimum absolute atomic E-state index is 0.00628. The predicted molar refractivity (Wildman–Crippen MR) is 102 cm³/mol. The van der Waals surface area contributed by atoms with Gasteiger partial charge in [0, 0.05) is 29.8 Å². The standard InChI is InChI=1S/C21H20N2O5/c1-3-23(4-2)16(24)11-28-21(27)15-10-9-14-17(18(15)22)20(26)13-8-6-5-7-12(13)19(14)25/h5-10H,3-4,11,22H2,1-2H3. The summed E-state index contributed by atoms with van der Waals surface area (Å²) in [6, 6.07) is 9.20. The van der Waals surface area contributed by atoms with E-state index >= 15 is 0 Å². The van der Waals surface area contributed by atoms with Crippen molar-refractivity contribution >= 4 is 29.1 Å². The number of nitrogens with zero attached hydrogens (tertiary/aromatic N) is 1. The Morgan fingerprint density at radius 3 is 2.14 bits per heavy atom. The van der Waals surface area contributed by atoms with Gasteiger partial charge >= 0.3 is 5.97 Å². The van der Waals surface area contributed by atoms with Crippen LogP contribution in [0.4, 0.5) is 5.69 Å². The van der Waals surface area contributed by atoms with Crippen LogP contribution in [0.15, 0.2) is 36.4 Å². The van der Waals surface area contributed by atoms with Crippen molar-refractivity contribution in [3.05, 3.63) is 64.2 Å². The van der Waals surface area contributed by atoms with Gasteiger partial charge in [-0.1, -0.05) is 24.3 Å². The average Bonchev–Trinajstić information content (AvgIpc) is 2.71. The molecule has 1 aliphatic carbocycles. The molecule has 0 bridgehead atoms. The number of anilines is 1. The molecule has 7 heteroatoms. The Labute approximate surface area is 162 Å². The molecule has 1 amide bonds. The van der Waals surface area contributed by atoms with Gasteiger partial charge in [-0.15, -0.1) is 0 Å². The molecule has 0 unspecified atom stereocenters. The first kappa shape index (κ1) is 19.3. The lowest BCUT2D eigenvalue weighted by Crippen LogP contribution is -2.34. The van der Waals surface area contributed by atoms with Gasteiger partial charge in [-0.2, -0.15) is 0 Å². The molecule has 2 N–H and O–H groups in total. The third kappa shape index (κ3) is 3.15. The van der Waals surface area contributed by atoms with E-state index in [1.807, 2.05) is 13.8 Å². The summed E-state index contributed by atoms with van der Waals surface area (Å²) in [5, 5.41) is 0. The lowest BCUT2D eigenvalue weighted by Gasteiger charge is -2.21. The molecule has 3 rings (SSSR count). The number of ketones is 2. The number of likely N-dealkylation sites (N-methyl/N-ethyl adjacent to an activating group) is 1. The Morgan fingerprint density at radius 1 is 0.929 bits per heavy atom. The van der Waals surface area contributed by atoms with Crippen LogP contribution in [-0.2, 0) is 9.53 Å². The molecule has 0 heterocycles. The van der Waals surface area contributed by atoms with Gasteiger partial charge in [-0.3, -0.25) is 14.4 Å². The number of amides is 1. The van der Waals surface area contributed by atoms with Gasteiger partial charge in [0.1, 0.15) is 0 Å². The highest BCUT2D eigenvalue weighted by molar-refractivity contribution is 6.30. The molecule has 144 valence electrons. The number of ether oxygens (including phenoxy) is 1. The predicted octanol–water partition coefficient (Wildman–Crippen LogP) is 2.07. The zero-order chi connectivity index (χ0) is 20.4. The molecular formula is C21H20N2O5. The van der Waals surface area contributed by atoms with Crippen molar-refractivity contribution in [1.82, 2.24) is 4.90 Å². The Hall–Kier alpha value is -3.48. The summed E-state index contributed by atoms with van der Waals surface area (Å²) in [5.41, 5.74) is 6.59. The molecule has 0 saturated carbocycles. The van der Waals surface area contributed by atoms with Crippen LogP contribution < -0.4 is 5.73 Å². The maximum absolute atomic E-state index is 12.8. The maximum Gasteiger partial charge on any atom is 0.340 e. The highest BCUT2D eigenvalue weighted by Gasteiger charge is 2.33. The number of nitrogen functional groups attached to an aromatic ring is 1. The molecule has 28 heavy (non-hydrogen) atoms. The number of hydrogen-bond acceptors (Lipinski definition) is 6. The Bertz CT molecular complexity index is 992. The highest BCUT2D eigenvalue weighted by atomic mass is 16.5. The summed E-state index contributed by atoms with van der Waals surface area (Å²) in [6.07, 6.45) is 0. The number of benzene rings is 2. The van der Waals surface area contributed by atoms with E-state index in [0.29, 0.717) is 18.7 Å². The number of rotatable bonds is 5. The molecule has 0 spiro atoms. The summed E-state index contributed by atoms with van der Waals surface area (Å²) < 4.78 is 5.07. The minimum atomic E-state index is -0.820. The van der Waals surface area contributed by atoms with Crippen molar-refractivity contribution in [3.8, 4) is 0 Å². The lowest BCUT2D eigenvalue weighted by atomic mass is 9.82. The number of esters is 1. The number of carbonyl (C=O) groups is 4. The topological polar surface area (TPSA) is 107 Å². The molecule has 7 nitrogen and oxygen atoms in total. The van der Waals surface area contributed by atoms with E-state index in [2.05, 4.69) is 0 Å². The van der Waals surface area contributed by atoms with Crippen LogP contribution in [0.5, 0.6) is 0 Å². The van der Waals surface area contributed by atoms with E-state index in [-0.39, 0.29) is 39.6 Å². The van der Waals surface area contributed by atoms with Crippen LogP contribution >= 0.6 is 0 Å². The molecule has 0 fully saturated rings. The molecule has 2 aromatic carbocycles. The van der Waals surface area contributed by atoms with E-state index in [1.165, 1.54) is 17.0 Å². The van der Waals surface area contributed by atoms with Gasteiger partial charge < -0.3 is 15.4 Å². The molecule has 1 aliphatic rings. The molecule has 0 saturated heterocycles. The van der Waals surface area contributed by atoms with Crippen molar-refractivity contribution in [2.24, 2.45) is 0 Å². The maximum atomic E-state index is 12.8. The van der Waals surface area contributed by atoms with Gasteiger partial charge in [0.15, 0.2) is 18.2 Å². The quantitative estimate of drug-likeness (QED) is 0.536. The summed E-state index contributed by atoms with van der Waals surface area (Å²) in [4.78, 5) is 51.5. The van der Waals surface area contributed by atoms with Gasteiger partial charge in [0.2, 0.25) is 0 Å². The van der Waals surface area contributed by atoms with Crippen molar-refractivity contribution in [2.45, 2.75) is 13.8 Å². The van der Waals surface area contributed by atoms with Gasteiger partial charge in [-0.25, -0.2) is 4.79 Å². The van der Waals surface area contributed by atoms with Crippen LogP contribution in [0.2, 0.25) is 0 Å². The average molecular weight is 380 g/mol. The van der Waals surface area contributed by atoms with Crippen LogP contribution in [0, 0.1) is 0 Å². The fourth-order valence-electron chi connectivity index (χ4n) is 3.26. The fourth-order valence-corrected chi connectivity index (χ4v) is 3.26. The molecule has 0 aliphatic heterocycles. The second kappa shape index (κ2) is 7.64. The normalized spacial score (nSPS) is 12.2. The molecule has 0 radical (unpaired) electrons. The first-order chi connectivity index (χ1) is 13.4. The highest BCUT2D eigenvalue weighted by Crippen LogP contribution is 2.32. The van der Waals surface area contributed by atoms with Crippen molar-refractivity contribution < 1.29 is 23.9 Å². The number of fused-ring (bicyclic) bond motifs is 2. The second-order valence-corrected chi connectivity index (χ2v) is 6.30. The Kier molecular flexibility index (Phi) is 5.26. The molecule has 0 atom stereocenters. The molecule has 0 aromatic heterocycles. The van der Waals surface area contributed by atoms with Crippen molar-refractivity contribution in [1.29, 1.82) is 0 Å². The van der Waals surface area contributed by atoms with Crippen LogP contribution in [0.25, 0.3) is 0 Å². The first-order valence-corrected chi connectivity index (χ1v) is 8.96. The van der Waals surface area contributed by atoms with Crippen LogP contribution in [0.1, 0.15) is 56.0 Å². The monoisotopic (exact) mass is 380 g/mol. The zero-order valence-corrected chi connectivity index (χ0v) is 15.7. The Morgan fingerprint density at radius 2 is 1.54 bits per heavy atom. The third-order valence-corrected chi connectivity index (χ3v) is 4.80. The number of carbonyl (C=O) groups excluding carboxylic acids is 4. The fraction of sp³-hybridized carbons (Fsp3) is 0.238. The van der Waals surface area contributed by atoms with Gasteiger partial charge in [-0.05, 0) is 26.0 Å². The van der Waals surface area contributed by atoms with E-state index in [0.717, 1.165) is 0 Å². The zero-order valence-electron chi connectivity index (χ0n) is 15.7. The lowest BCUT2D eigenvalue weighted by molar-refractivity contribution is -0.134. The third-order valence-electron chi connectivity index (χ3n) is 4.80. The number of hydrogen-bond donors (Lipinski definition) is 1. The van der Waals surface area contributed by atoms with Crippen LogP contribution in [-0.4, -0.2) is 48.0 Å². The summed E-state index contributed by atoms with van der Waals surface area (Å²) in [5.74, 6) is -1.89. The van der Waals surface area contributed by atoms with E-state index < -0.39 is 18.4 Å². The van der Waals surface area contributed by atoms with Gasteiger partial charge in [0.05, 0.1) is 16.8 Å². The largest absolute Gasteiger partial charge is 0.452 e. The molecular weight excluding hydrogens is 360 g/mol. The number of nitrogens with two attached hydrogens (primary N) is 1. The summed E-state index contributed by atoms with van der Waals surface area (Å²) >= 11 is 0. The summed E-state index contributed by atoms with van der Waals surface area (Å²) in [7, 11) is 0. The summed E-state index contributed by atoms with van der Waals surface area (Å²) in [6.45, 7) is 4.23. The smallest absolute Gasteiger partial charge is 0.340 e. The van der Waals surface area contributed by atoms with Crippen molar-refractivity contribution in [2.75, 3.05) is 25.4 Å². The van der Waals surface area contributed by atoms with E-state index in [1.54, 1.807) is 24.3 Å². The first-order valence-electron chi connectivity index (χ1n) is 8.96. The molecule has 2 aromatic rings. The Balaban J connectivity index is 1.90. The minimum Gasteiger partial charge on any atom is -0.452 e. The van der Waals surface area contributed by atoms with Crippen LogP contribution in [0.3, 0.4) is 0 Å².